The zero-order chi connectivity index (χ0) is 14.1. The van der Waals surface area contributed by atoms with Crippen molar-refractivity contribution in [1.29, 1.82) is 0 Å². The number of hydrogen-bond acceptors (Lipinski definition) is 2. The summed E-state index contributed by atoms with van der Waals surface area (Å²) in [6.45, 7) is 7.20. The smallest absolute Gasteiger partial charge is 0.226 e. The number of rotatable bonds is 3. The fraction of sp³-hybridized carbons (Fsp3) is 0.588. The van der Waals surface area contributed by atoms with Gasteiger partial charge in [0.1, 0.15) is 0 Å². The van der Waals surface area contributed by atoms with Crippen molar-refractivity contribution in [2.45, 2.75) is 32.2 Å². The van der Waals surface area contributed by atoms with Gasteiger partial charge >= 0.3 is 0 Å². The zero-order valence-corrected chi connectivity index (χ0v) is 12.4. The third-order valence-electron chi connectivity index (χ3n) is 5.18. The second-order valence-corrected chi connectivity index (χ2v) is 6.29. The van der Waals surface area contributed by atoms with Crippen LogP contribution in [-0.2, 0) is 4.79 Å². The molecule has 0 radical (unpaired) electrons. The molecule has 0 spiro atoms. The van der Waals surface area contributed by atoms with E-state index in [2.05, 4.69) is 54.4 Å². The Hall–Kier alpha value is -1.35. The van der Waals surface area contributed by atoms with E-state index < -0.39 is 0 Å². The van der Waals surface area contributed by atoms with Gasteiger partial charge < -0.3 is 10.2 Å². The van der Waals surface area contributed by atoms with Gasteiger partial charge in [-0.05, 0) is 37.9 Å². The highest BCUT2D eigenvalue weighted by Crippen LogP contribution is 2.34. The Bertz CT molecular complexity index is 469. The lowest BCUT2D eigenvalue weighted by Crippen LogP contribution is -2.51. The van der Waals surface area contributed by atoms with Gasteiger partial charge in [0, 0.05) is 24.4 Å². The minimum Gasteiger partial charge on any atom is -0.339 e. The summed E-state index contributed by atoms with van der Waals surface area (Å²) in [5.41, 5.74) is 1.37. The maximum absolute atomic E-state index is 12.7. The fourth-order valence-electron chi connectivity index (χ4n) is 3.52. The molecule has 1 amide bonds. The minimum absolute atomic E-state index is 0.160. The van der Waals surface area contributed by atoms with Gasteiger partial charge in [0.05, 0.1) is 0 Å². The van der Waals surface area contributed by atoms with E-state index in [0.29, 0.717) is 23.8 Å². The van der Waals surface area contributed by atoms with Crippen molar-refractivity contribution in [1.82, 2.24) is 10.2 Å². The normalized spacial score (nSPS) is 28.2. The number of nitrogens with zero attached hydrogens (tertiary/aromatic N) is 1. The van der Waals surface area contributed by atoms with Gasteiger partial charge in [0.15, 0.2) is 0 Å². The van der Waals surface area contributed by atoms with Gasteiger partial charge in [-0.1, -0.05) is 37.3 Å². The maximum atomic E-state index is 12.7. The van der Waals surface area contributed by atoms with Crippen molar-refractivity contribution in [3.8, 4) is 0 Å². The summed E-state index contributed by atoms with van der Waals surface area (Å²) in [5, 5.41) is 3.26. The van der Waals surface area contributed by atoms with Crippen LogP contribution in [0.3, 0.4) is 0 Å². The summed E-state index contributed by atoms with van der Waals surface area (Å²) in [5.74, 6) is 1.54. The molecular weight excluding hydrogens is 248 g/mol. The summed E-state index contributed by atoms with van der Waals surface area (Å²) in [6, 6.07) is 10.9. The minimum atomic E-state index is 0.160. The summed E-state index contributed by atoms with van der Waals surface area (Å²) < 4.78 is 0. The summed E-state index contributed by atoms with van der Waals surface area (Å²) in [4.78, 5) is 14.8. The van der Waals surface area contributed by atoms with Gasteiger partial charge in [-0.2, -0.15) is 0 Å². The van der Waals surface area contributed by atoms with Gasteiger partial charge in [-0.3, -0.25) is 4.79 Å². The summed E-state index contributed by atoms with van der Waals surface area (Å²) >= 11 is 0. The van der Waals surface area contributed by atoms with Crippen LogP contribution in [0.2, 0.25) is 0 Å². The van der Waals surface area contributed by atoms with Crippen molar-refractivity contribution >= 4 is 5.91 Å². The molecule has 1 N–H and O–H groups in total. The highest BCUT2D eigenvalue weighted by Gasteiger charge is 2.39. The molecule has 3 rings (SSSR count). The highest BCUT2D eigenvalue weighted by atomic mass is 16.2. The van der Waals surface area contributed by atoms with Gasteiger partial charge in [0.2, 0.25) is 5.91 Å². The molecule has 108 valence electrons. The number of amides is 1. The van der Waals surface area contributed by atoms with E-state index in [1.54, 1.807) is 0 Å². The molecule has 0 aromatic heterocycles. The third-order valence-corrected chi connectivity index (χ3v) is 5.18. The Labute approximate surface area is 121 Å². The highest BCUT2D eigenvalue weighted by molar-refractivity contribution is 5.79. The van der Waals surface area contributed by atoms with E-state index >= 15 is 0 Å². The molecule has 0 aliphatic carbocycles. The van der Waals surface area contributed by atoms with Crippen LogP contribution >= 0.6 is 0 Å². The molecule has 3 nitrogen and oxygen atoms in total. The average Bonchev–Trinajstić information content (AvgIpc) is 2.78. The van der Waals surface area contributed by atoms with Gasteiger partial charge in [-0.15, -0.1) is 0 Å². The Balaban J connectivity index is 1.69. The lowest BCUT2D eigenvalue weighted by atomic mass is 9.87. The quantitative estimate of drug-likeness (QED) is 0.915. The van der Waals surface area contributed by atoms with Crippen molar-refractivity contribution in [2.75, 3.05) is 19.6 Å². The number of benzene rings is 1. The number of likely N-dealkylation sites (tertiary alicyclic amines) is 1. The van der Waals surface area contributed by atoms with Crippen molar-refractivity contribution < 1.29 is 4.79 Å². The first-order chi connectivity index (χ1) is 9.68. The van der Waals surface area contributed by atoms with Crippen LogP contribution in [0.4, 0.5) is 0 Å². The van der Waals surface area contributed by atoms with E-state index in [9.17, 15) is 4.79 Å². The molecule has 1 aromatic carbocycles. The number of nitrogens with one attached hydrogen (secondary N) is 1. The number of carbonyl (C=O) groups is 1. The zero-order valence-electron chi connectivity index (χ0n) is 12.4. The number of hydrogen-bond donors (Lipinski definition) is 1. The predicted octanol–water partition coefficient (Wildman–Crippen LogP) is 2.25. The molecule has 3 atom stereocenters. The number of carbonyl (C=O) groups excluding carboxylic acids is 1. The molecule has 1 aromatic rings. The van der Waals surface area contributed by atoms with Crippen LogP contribution in [0.15, 0.2) is 30.3 Å². The molecule has 2 aliphatic heterocycles. The van der Waals surface area contributed by atoms with E-state index in [0.717, 1.165) is 26.1 Å². The van der Waals surface area contributed by atoms with Crippen molar-refractivity contribution in [3.05, 3.63) is 35.9 Å². The average molecular weight is 272 g/mol. The van der Waals surface area contributed by atoms with E-state index in [4.69, 9.17) is 0 Å². The first-order valence-electron chi connectivity index (χ1n) is 7.74. The topological polar surface area (TPSA) is 32.3 Å². The molecular formula is C17H24N2O. The molecule has 3 unspecified atom stereocenters. The van der Waals surface area contributed by atoms with Crippen LogP contribution in [0.5, 0.6) is 0 Å². The monoisotopic (exact) mass is 272 g/mol. The Morgan fingerprint density at radius 3 is 2.60 bits per heavy atom. The molecule has 0 saturated carbocycles. The summed E-state index contributed by atoms with van der Waals surface area (Å²) in [6.07, 6.45) is 1.09. The van der Waals surface area contributed by atoms with Crippen LogP contribution < -0.4 is 5.32 Å². The molecule has 2 saturated heterocycles. The van der Waals surface area contributed by atoms with E-state index in [-0.39, 0.29) is 5.92 Å². The van der Waals surface area contributed by atoms with Crippen LogP contribution in [0.25, 0.3) is 0 Å². The van der Waals surface area contributed by atoms with Crippen molar-refractivity contribution in [2.24, 2.45) is 11.8 Å². The first-order valence-corrected chi connectivity index (χ1v) is 7.74. The molecule has 2 fully saturated rings. The Morgan fingerprint density at radius 2 is 2.00 bits per heavy atom. The Morgan fingerprint density at radius 1 is 1.30 bits per heavy atom. The third kappa shape index (κ3) is 2.35. The fourth-order valence-corrected chi connectivity index (χ4v) is 3.52. The second kappa shape index (κ2) is 5.57. The molecule has 20 heavy (non-hydrogen) atoms. The SMILES string of the molecule is CC(C(=O)N1CCC(c2ccccc2)C1C)C1CNC1. The lowest BCUT2D eigenvalue weighted by Gasteiger charge is -2.35. The van der Waals surface area contributed by atoms with Crippen molar-refractivity contribution in [3.63, 3.8) is 0 Å². The standard InChI is InChI=1S/C17H24N2O/c1-12(15-10-18-11-15)17(20)19-9-8-16(13(19)2)14-6-4-3-5-7-14/h3-7,12-13,15-16,18H,8-11H2,1-2H3. The van der Waals surface area contributed by atoms with Crippen LogP contribution in [0.1, 0.15) is 31.7 Å². The van der Waals surface area contributed by atoms with Gasteiger partial charge in [0.25, 0.3) is 0 Å². The largest absolute Gasteiger partial charge is 0.339 e. The van der Waals surface area contributed by atoms with Gasteiger partial charge in [-0.25, -0.2) is 0 Å². The Kier molecular flexibility index (Phi) is 3.79. The summed E-state index contributed by atoms with van der Waals surface area (Å²) in [7, 11) is 0. The molecule has 2 heterocycles. The predicted molar refractivity (Wildman–Crippen MR) is 80.5 cm³/mol. The second-order valence-electron chi connectivity index (χ2n) is 6.29. The molecule has 3 heteroatoms. The van der Waals surface area contributed by atoms with Crippen LogP contribution in [0, 0.1) is 11.8 Å². The van der Waals surface area contributed by atoms with Crippen LogP contribution in [-0.4, -0.2) is 36.5 Å². The van der Waals surface area contributed by atoms with E-state index in [1.807, 2.05) is 0 Å². The maximum Gasteiger partial charge on any atom is 0.226 e. The molecule has 2 aliphatic rings. The first kappa shape index (κ1) is 13.6. The van der Waals surface area contributed by atoms with E-state index in [1.165, 1.54) is 5.56 Å². The molecule has 0 bridgehead atoms. The lowest BCUT2D eigenvalue weighted by molar-refractivity contribution is -0.138.